The largest absolute Gasteiger partial charge is 0.495 e. The summed E-state index contributed by atoms with van der Waals surface area (Å²) in [4.78, 5) is 24.6. The lowest BCUT2D eigenvalue weighted by Gasteiger charge is -2.29. The molecule has 190 valence electrons. The Labute approximate surface area is 224 Å². The molecule has 1 fully saturated rings. The van der Waals surface area contributed by atoms with Crippen LogP contribution >= 0.6 is 23.2 Å². The Morgan fingerprint density at radius 2 is 1.54 bits per heavy atom. The van der Waals surface area contributed by atoms with Crippen LogP contribution in [0.4, 0.5) is 11.4 Å². The molecule has 1 amide bonds. The Bertz CT molecular complexity index is 1430. The Morgan fingerprint density at radius 1 is 0.919 bits per heavy atom. The minimum absolute atomic E-state index is 0.299. The van der Waals surface area contributed by atoms with Crippen LogP contribution in [0.3, 0.4) is 0 Å². The van der Waals surface area contributed by atoms with E-state index in [0.717, 1.165) is 31.9 Å². The normalized spacial score (nSPS) is 13.5. The number of amides is 1. The first-order valence-electron chi connectivity index (χ1n) is 11.7. The van der Waals surface area contributed by atoms with Crippen LogP contribution in [0, 0.1) is 0 Å². The van der Waals surface area contributed by atoms with Crippen molar-refractivity contribution in [3.05, 3.63) is 70.5 Å². The number of carbonyl (C=O) groups excluding carboxylic acids is 1. The summed E-state index contributed by atoms with van der Waals surface area (Å²) in [6.45, 7) is 3.83. The first kappa shape index (κ1) is 25.1. The molecule has 0 saturated carbocycles. The molecule has 4 aromatic rings. The third-order valence-electron chi connectivity index (χ3n) is 6.32. The number of fused-ring (bicyclic) bond motifs is 1. The van der Waals surface area contributed by atoms with Gasteiger partial charge in [-0.1, -0.05) is 29.3 Å². The van der Waals surface area contributed by atoms with Crippen molar-refractivity contribution in [2.45, 2.75) is 0 Å². The molecule has 8 nitrogen and oxygen atoms in total. The predicted octanol–water partition coefficient (Wildman–Crippen LogP) is 5.28. The molecule has 1 aromatic heterocycles. The van der Waals surface area contributed by atoms with Gasteiger partial charge in [-0.2, -0.15) is 0 Å². The van der Waals surface area contributed by atoms with Crippen LogP contribution in [0.15, 0.2) is 54.9 Å². The monoisotopic (exact) mass is 537 g/mol. The molecule has 0 unspecified atom stereocenters. The van der Waals surface area contributed by atoms with Gasteiger partial charge in [0.2, 0.25) is 0 Å². The molecule has 0 aliphatic carbocycles. The third kappa shape index (κ3) is 4.87. The van der Waals surface area contributed by atoms with Gasteiger partial charge in [0.15, 0.2) is 0 Å². The van der Waals surface area contributed by atoms with Gasteiger partial charge < -0.3 is 25.0 Å². The molecule has 1 aliphatic heterocycles. The van der Waals surface area contributed by atoms with Crippen molar-refractivity contribution >= 4 is 51.5 Å². The summed E-state index contributed by atoms with van der Waals surface area (Å²) in [5, 5.41) is 6.93. The second kappa shape index (κ2) is 10.8. The molecule has 0 spiro atoms. The van der Waals surface area contributed by atoms with E-state index < -0.39 is 0 Å². The molecule has 10 heteroatoms. The predicted molar refractivity (Wildman–Crippen MR) is 148 cm³/mol. The Kier molecular flexibility index (Phi) is 7.32. The van der Waals surface area contributed by atoms with E-state index in [-0.39, 0.29) is 5.91 Å². The lowest BCUT2D eigenvalue weighted by atomic mass is 9.99. The van der Waals surface area contributed by atoms with Gasteiger partial charge in [0, 0.05) is 67.1 Å². The summed E-state index contributed by atoms with van der Waals surface area (Å²) < 4.78 is 10.8. The average Bonchev–Trinajstić information content (AvgIpc) is 2.94. The van der Waals surface area contributed by atoms with Crippen molar-refractivity contribution < 1.29 is 14.3 Å². The number of nitrogens with zero attached hydrogens (tertiary/aromatic N) is 3. The lowest BCUT2D eigenvalue weighted by molar-refractivity contribution is 0.102. The van der Waals surface area contributed by atoms with Gasteiger partial charge in [-0.25, -0.2) is 0 Å². The summed E-state index contributed by atoms with van der Waals surface area (Å²) in [5.41, 5.74) is 4.18. The van der Waals surface area contributed by atoms with Gasteiger partial charge in [0.1, 0.15) is 17.0 Å². The van der Waals surface area contributed by atoms with Crippen molar-refractivity contribution in [3.8, 4) is 22.6 Å². The second-order valence-electron chi connectivity index (χ2n) is 8.44. The van der Waals surface area contributed by atoms with Gasteiger partial charge in [-0.05, 0) is 30.3 Å². The molecule has 2 N–H and O–H groups in total. The number of halogens is 2. The summed E-state index contributed by atoms with van der Waals surface area (Å²) >= 11 is 13.3. The van der Waals surface area contributed by atoms with Crippen molar-refractivity contribution in [2.24, 2.45) is 0 Å². The van der Waals surface area contributed by atoms with E-state index in [1.54, 1.807) is 30.6 Å². The van der Waals surface area contributed by atoms with Crippen LogP contribution in [0.25, 0.3) is 22.2 Å². The number of nitrogens with one attached hydrogen (secondary N) is 2. The number of methoxy groups -OCH3 is 2. The highest BCUT2D eigenvalue weighted by atomic mass is 35.5. The van der Waals surface area contributed by atoms with Crippen LogP contribution in [0.5, 0.6) is 11.5 Å². The highest BCUT2D eigenvalue weighted by Crippen LogP contribution is 2.47. The van der Waals surface area contributed by atoms with E-state index in [2.05, 4.69) is 25.5 Å². The fourth-order valence-corrected chi connectivity index (χ4v) is 5.15. The van der Waals surface area contributed by atoms with Gasteiger partial charge in [0.25, 0.3) is 5.91 Å². The van der Waals surface area contributed by atoms with Gasteiger partial charge in [0.05, 0.1) is 35.3 Å². The lowest BCUT2D eigenvalue weighted by Crippen LogP contribution is -2.43. The number of hydrogen-bond acceptors (Lipinski definition) is 7. The Morgan fingerprint density at radius 3 is 2.16 bits per heavy atom. The molecule has 0 radical (unpaired) electrons. The van der Waals surface area contributed by atoms with Crippen molar-refractivity contribution in [1.29, 1.82) is 0 Å². The molecule has 37 heavy (non-hydrogen) atoms. The fraction of sp³-hybridized carbons (Fsp3) is 0.222. The quantitative estimate of drug-likeness (QED) is 0.345. The highest BCUT2D eigenvalue weighted by molar-refractivity contribution is 6.41. The van der Waals surface area contributed by atoms with E-state index in [9.17, 15) is 4.79 Å². The zero-order valence-electron chi connectivity index (χ0n) is 20.3. The Hall–Kier alpha value is -3.59. The molecule has 1 aliphatic rings. The SMILES string of the molecule is COc1cc(OC)c(Cl)c(-c2ccc(C(=O)Nc3ccc(N4CCNCC4)cc3)c3nccnc23)c1Cl. The summed E-state index contributed by atoms with van der Waals surface area (Å²) in [7, 11) is 3.03. The van der Waals surface area contributed by atoms with E-state index in [1.165, 1.54) is 14.2 Å². The molecule has 1 saturated heterocycles. The zero-order chi connectivity index (χ0) is 25.9. The average molecular weight is 538 g/mol. The number of hydrogen-bond donors (Lipinski definition) is 2. The topological polar surface area (TPSA) is 88.6 Å². The molecule has 0 atom stereocenters. The van der Waals surface area contributed by atoms with E-state index >= 15 is 0 Å². The molecular weight excluding hydrogens is 513 g/mol. The van der Waals surface area contributed by atoms with Gasteiger partial charge >= 0.3 is 0 Å². The van der Waals surface area contributed by atoms with Gasteiger partial charge in [-0.3, -0.25) is 14.8 Å². The van der Waals surface area contributed by atoms with Crippen molar-refractivity contribution in [3.63, 3.8) is 0 Å². The molecule has 5 rings (SSSR count). The summed E-state index contributed by atoms with van der Waals surface area (Å²) in [6.07, 6.45) is 3.10. The maximum Gasteiger partial charge on any atom is 0.257 e. The number of benzene rings is 3. The number of rotatable bonds is 6. The number of aromatic nitrogens is 2. The van der Waals surface area contributed by atoms with Crippen molar-refractivity contribution in [1.82, 2.24) is 15.3 Å². The summed E-state index contributed by atoms with van der Waals surface area (Å²) in [5.74, 6) is 0.509. The smallest absolute Gasteiger partial charge is 0.257 e. The minimum Gasteiger partial charge on any atom is -0.495 e. The first-order valence-corrected chi connectivity index (χ1v) is 12.5. The standard InChI is InChI=1S/C27H25Cl2N5O3/c1-36-20-15-21(37-2)24(29)22(23(20)28)18-7-8-19(26-25(18)31-9-10-32-26)27(35)33-16-3-5-17(6-4-16)34-13-11-30-12-14-34/h3-10,15,30H,11-14H2,1-2H3,(H,33,35). The van der Waals surface area contributed by atoms with Crippen molar-refractivity contribution in [2.75, 3.05) is 50.6 Å². The second-order valence-corrected chi connectivity index (χ2v) is 9.19. The van der Waals surface area contributed by atoms with Crippen LogP contribution in [-0.4, -0.2) is 56.3 Å². The third-order valence-corrected chi connectivity index (χ3v) is 7.07. The molecule has 0 bridgehead atoms. The van der Waals surface area contributed by atoms with Crippen LogP contribution in [-0.2, 0) is 0 Å². The summed E-state index contributed by atoms with van der Waals surface area (Å²) in [6, 6.07) is 12.9. The number of ether oxygens (including phenoxy) is 2. The van der Waals surface area contributed by atoms with E-state index in [4.69, 9.17) is 32.7 Å². The minimum atomic E-state index is -0.299. The number of anilines is 2. The van der Waals surface area contributed by atoms with Crippen LogP contribution in [0.1, 0.15) is 10.4 Å². The first-order chi connectivity index (χ1) is 18.0. The van der Waals surface area contributed by atoms with Gasteiger partial charge in [-0.15, -0.1) is 0 Å². The van der Waals surface area contributed by atoms with Crippen LogP contribution in [0.2, 0.25) is 10.0 Å². The maximum atomic E-state index is 13.3. The maximum absolute atomic E-state index is 13.3. The Balaban J connectivity index is 1.50. The number of carbonyl (C=O) groups is 1. The number of piperazine rings is 1. The highest BCUT2D eigenvalue weighted by Gasteiger charge is 2.23. The van der Waals surface area contributed by atoms with E-state index in [0.29, 0.717) is 55.0 Å². The van der Waals surface area contributed by atoms with E-state index in [1.807, 2.05) is 24.3 Å². The zero-order valence-corrected chi connectivity index (χ0v) is 21.9. The molecular formula is C27H25Cl2N5O3. The van der Waals surface area contributed by atoms with Crippen LogP contribution < -0.4 is 25.0 Å². The fourth-order valence-electron chi connectivity index (χ4n) is 4.44. The molecule has 3 aromatic carbocycles. The molecule has 2 heterocycles.